The molecule has 0 aliphatic rings. The van der Waals surface area contributed by atoms with Crippen LogP contribution in [0.2, 0.25) is 0 Å². The molecule has 8 nitrogen and oxygen atoms in total. The maximum Gasteiger partial charge on any atom is 0.319 e. The molecule has 0 aliphatic heterocycles. The van der Waals surface area contributed by atoms with E-state index in [1.54, 1.807) is 20.1 Å². The van der Waals surface area contributed by atoms with E-state index in [1.807, 2.05) is 49.4 Å². The molecule has 3 N–H and O–H groups in total. The molecule has 0 saturated heterocycles. The average Bonchev–Trinajstić information content (AvgIpc) is 3.16. The van der Waals surface area contributed by atoms with Crippen molar-refractivity contribution in [3.05, 3.63) is 54.1 Å². The molecule has 0 bridgehead atoms. The van der Waals surface area contributed by atoms with Gasteiger partial charge in [-0.05, 0) is 55.8 Å². The van der Waals surface area contributed by atoms with Gasteiger partial charge in [-0.15, -0.1) is 10.2 Å². The van der Waals surface area contributed by atoms with Gasteiger partial charge in [0.25, 0.3) is 0 Å². The Balaban J connectivity index is 1.55. The lowest BCUT2D eigenvalue weighted by Crippen LogP contribution is -2.43. The summed E-state index contributed by atoms with van der Waals surface area (Å²) in [4.78, 5) is 24.4. The van der Waals surface area contributed by atoms with E-state index in [2.05, 4.69) is 26.1 Å². The van der Waals surface area contributed by atoms with Gasteiger partial charge in [0, 0.05) is 11.3 Å². The van der Waals surface area contributed by atoms with E-state index in [4.69, 9.17) is 4.74 Å². The van der Waals surface area contributed by atoms with Crippen LogP contribution in [-0.2, 0) is 4.79 Å². The van der Waals surface area contributed by atoms with Crippen molar-refractivity contribution >= 4 is 34.1 Å². The normalized spacial score (nSPS) is 11.4. The van der Waals surface area contributed by atoms with Crippen LogP contribution in [0, 0.1) is 6.92 Å². The lowest BCUT2D eigenvalue weighted by molar-refractivity contribution is -0.117. The standard InChI is InChI=1S/C20H21N5O3S/c1-12-5-4-6-15(11-12)22-19(27)21-13(2)17(26)23-20-25-24-18(29-20)14-7-9-16(28-3)10-8-14/h4-11,13H,1-3H3,(H2,21,22,27)(H,23,25,26)/t13-/m1/s1. The fourth-order valence-corrected chi connectivity index (χ4v) is 3.24. The number of carbonyl (C=O) groups is 2. The summed E-state index contributed by atoms with van der Waals surface area (Å²) < 4.78 is 5.13. The number of anilines is 2. The number of rotatable bonds is 6. The Morgan fingerprint density at radius 1 is 1.07 bits per heavy atom. The van der Waals surface area contributed by atoms with E-state index in [9.17, 15) is 9.59 Å². The van der Waals surface area contributed by atoms with Crippen LogP contribution in [0.4, 0.5) is 15.6 Å². The predicted molar refractivity (Wildman–Crippen MR) is 113 cm³/mol. The second kappa shape index (κ2) is 9.16. The van der Waals surface area contributed by atoms with Crippen molar-refractivity contribution in [1.82, 2.24) is 15.5 Å². The summed E-state index contributed by atoms with van der Waals surface area (Å²) in [5.74, 6) is 0.359. The fraction of sp³-hybridized carbons (Fsp3) is 0.200. The number of amides is 3. The van der Waals surface area contributed by atoms with Crippen molar-refractivity contribution in [2.24, 2.45) is 0 Å². The average molecular weight is 411 g/mol. The highest BCUT2D eigenvalue weighted by molar-refractivity contribution is 7.18. The molecule has 0 spiro atoms. The zero-order valence-corrected chi connectivity index (χ0v) is 17.0. The van der Waals surface area contributed by atoms with E-state index >= 15 is 0 Å². The Kier molecular flexibility index (Phi) is 6.40. The number of methoxy groups -OCH3 is 1. The van der Waals surface area contributed by atoms with Gasteiger partial charge in [-0.2, -0.15) is 0 Å². The van der Waals surface area contributed by atoms with Gasteiger partial charge >= 0.3 is 6.03 Å². The molecule has 150 valence electrons. The highest BCUT2D eigenvalue weighted by atomic mass is 32.1. The van der Waals surface area contributed by atoms with E-state index < -0.39 is 12.1 Å². The minimum absolute atomic E-state index is 0.355. The third-order valence-electron chi connectivity index (χ3n) is 4.01. The third kappa shape index (κ3) is 5.52. The molecule has 1 aromatic heterocycles. The van der Waals surface area contributed by atoms with Crippen molar-refractivity contribution in [1.29, 1.82) is 0 Å². The van der Waals surface area contributed by atoms with Gasteiger partial charge in [-0.3, -0.25) is 10.1 Å². The van der Waals surface area contributed by atoms with Crippen LogP contribution in [0.15, 0.2) is 48.5 Å². The largest absolute Gasteiger partial charge is 0.497 e. The third-order valence-corrected chi connectivity index (χ3v) is 4.90. The summed E-state index contributed by atoms with van der Waals surface area (Å²) in [5, 5.41) is 17.1. The van der Waals surface area contributed by atoms with E-state index in [0.29, 0.717) is 15.8 Å². The van der Waals surface area contributed by atoms with Gasteiger partial charge in [0.1, 0.15) is 16.8 Å². The lowest BCUT2D eigenvalue weighted by Gasteiger charge is -2.13. The maximum absolute atomic E-state index is 12.4. The smallest absolute Gasteiger partial charge is 0.319 e. The van der Waals surface area contributed by atoms with Gasteiger partial charge in [-0.1, -0.05) is 23.5 Å². The molecule has 3 aromatic rings. The fourth-order valence-electron chi connectivity index (χ4n) is 2.49. The summed E-state index contributed by atoms with van der Waals surface area (Å²) in [6, 6.07) is 13.6. The Bertz CT molecular complexity index is 1000. The molecule has 3 rings (SSSR count). The van der Waals surface area contributed by atoms with Gasteiger partial charge in [0.2, 0.25) is 11.0 Å². The molecule has 1 heterocycles. The summed E-state index contributed by atoms with van der Waals surface area (Å²) in [6.45, 7) is 3.53. The SMILES string of the molecule is COc1ccc(-c2nnc(NC(=O)[C@@H](C)NC(=O)Nc3cccc(C)c3)s2)cc1. The van der Waals surface area contributed by atoms with Crippen LogP contribution in [-0.4, -0.2) is 35.3 Å². The maximum atomic E-state index is 12.4. The number of aryl methyl sites for hydroxylation is 1. The first kappa shape index (κ1) is 20.3. The predicted octanol–water partition coefficient (Wildman–Crippen LogP) is 3.67. The van der Waals surface area contributed by atoms with Crippen molar-refractivity contribution in [3.63, 3.8) is 0 Å². The van der Waals surface area contributed by atoms with Crippen LogP contribution >= 0.6 is 11.3 Å². The van der Waals surface area contributed by atoms with E-state index in [1.165, 1.54) is 11.3 Å². The second-order valence-electron chi connectivity index (χ2n) is 6.32. The van der Waals surface area contributed by atoms with Crippen LogP contribution in [0.1, 0.15) is 12.5 Å². The van der Waals surface area contributed by atoms with Gasteiger partial charge in [0.15, 0.2) is 0 Å². The van der Waals surface area contributed by atoms with Gasteiger partial charge < -0.3 is 15.4 Å². The molecule has 29 heavy (non-hydrogen) atoms. The number of nitrogens with zero attached hydrogens (tertiary/aromatic N) is 2. The number of benzene rings is 2. The molecule has 2 aromatic carbocycles. The van der Waals surface area contributed by atoms with Gasteiger partial charge in [0.05, 0.1) is 7.11 Å². The molecular weight excluding hydrogens is 390 g/mol. The zero-order valence-electron chi connectivity index (χ0n) is 16.2. The van der Waals surface area contributed by atoms with Gasteiger partial charge in [-0.25, -0.2) is 4.79 Å². The lowest BCUT2D eigenvalue weighted by atomic mass is 10.2. The molecule has 0 aliphatic carbocycles. The summed E-state index contributed by atoms with van der Waals surface area (Å²) >= 11 is 1.24. The summed E-state index contributed by atoms with van der Waals surface area (Å²) in [6.07, 6.45) is 0. The Labute approximate surface area is 172 Å². The van der Waals surface area contributed by atoms with Crippen molar-refractivity contribution in [2.45, 2.75) is 19.9 Å². The second-order valence-corrected chi connectivity index (χ2v) is 7.30. The minimum atomic E-state index is -0.756. The minimum Gasteiger partial charge on any atom is -0.497 e. The van der Waals surface area contributed by atoms with Crippen LogP contribution in [0.25, 0.3) is 10.6 Å². The molecule has 3 amide bonds. The monoisotopic (exact) mass is 411 g/mol. The molecule has 1 atom stereocenters. The topological polar surface area (TPSA) is 105 Å². The number of urea groups is 1. The highest BCUT2D eigenvalue weighted by Crippen LogP contribution is 2.27. The van der Waals surface area contributed by atoms with Crippen molar-refractivity contribution in [2.75, 3.05) is 17.7 Å². The highest BCUT2D eigenvalue weighted by Gasteiger charge is 2.18. The molecular formula is C20H21N5O3S. The quantitative estimate of drug-likeness (QED) is 0.574. The molecule has 0 radical (unpaired) electrons. The molecule has 0 saturated carbocycles. The number of aromatic nitrogens is 2. The number of hydrogen-bond acceptors (Lipinski definition) is 6. The number of nitrogens with one attached hydrogen (secondary N) is 3. The Hall–Kier alpha value is -3.46. The first-order valence-electron chi connectivity index (χ1n) is 8.87. The van der Waals surface area contributed by atoms with Crippen LogP contribution < -0.4 is 20.7 Å². The van der Waals surface area contributed by atoms with Crippen molar-refractivity contribution in [3.8, 4) is 16.3 Å². The van der Waals surface area contributed by atoms with Crippen LogP contribution in [0.5, 0.6) is 5.75 Å². The summed E-state index contributed by atoms with van der Waals surface area (Å²) in [5.41, 5.74) is 2.55. The number of hydrogen-bond donors (Lipinski definition) is 3. The van der Waals surface area contributed by atoms with E-state index in [0.717, 1.165) is 16.9 Å². The molecule has 0 fully saturated rings. The zero-order chi connectivity index (χ0) is 20.8. The Morgan fingerprint density at radius 2 is 1.83 bits per heavy atom. The number of ether oxygens (including phenoxy) is 1. The Morgan fingerprint density at radius 3 is 2.52 bits per heavy atom. The number of carbonyl (C=O) groups excluding carboxylic acids is 2. The molecule has 0 unspecified atom stereocenters. The molecule has 9 heteroatoms. The van der Waals surface area contributed by atoms with Crippen molar-refractivity contribution < 1.29 is 14.3 Å². The first-order valence-corrected chi connectivity index (χ1v) is 9.69. The summed E-state index contributed by atoms with van der Waals surface area (Å²) in [7, 11) is 1.60. The van der Waals surface area contributed by atoms with Crippen LogP contribution in [0.3, 0.4) is 0 Å². The first-order chi connectivity index (χ1) is 13.9. The van der Waals surface area contributed by atoms with E-state index in [-0.39, 0.29) is 5.91 Å².